The fourth-order valence-corrected chi connectivity index (χ4v) is 2.88. The average Bonchev–Trinajstić information content (AvgIpc) is 2.74. The zero-order chi connectivity index (χ0) is 12.4. The van der Waals surface area contributed by atoms with Crippen LogP contribution in [-0.4, -0.2) is 41.9 Å². The lowest BCUT2D eigenvalue weighted by Gasteiger charge is -2.40. The topological polar surface area (TPSA) is 75.4 Å². The summed E-state index contributed by atoms with van der Waals surface area (Å²) >= 11 is 0. The van der Waals surface area contributed by atoms with Crippen LogP contribution in [0.15, 0.2) is 0 Å². The molecule has 18 heavy (non-hydrogen) atoms. The van der Waals surface area contributed by atoms with Crippen molar-refractivity contribution < 1.29 is 9.59 Å². The maximum absolute atomic E-state index is 12.3. The average molecular weight is 276 g/mol. The van der Waals surface area contributed by atoms with Gasteiger partial charge in [0, 0.05) is 25.6 Å². The van der Waals surface area contributed by atoms with Crippen molar-refractivity contribution in [1.29, 1.82) is 0 Å². The van der Waals surface area contributed by atoms with Crippen LogP contribution in [0.2, 0.25) is 0 Å². The van der Waals surface area contributed by atoms with E-state index in [2.05, 4.69) is 12.2 Å². The highest BCUT2D eigenvalue weighted by atomic mass is 35.5. The summed E-state index contributed by atoms with van der Waals surface area (Å²) in [5.74, 6) is 0.491. The fourth-order valence-electron chi connectivity index (χ4n) is 2.88. The summed E-state index contributed by atoms with van der Waals surface area (Å²) in [7, 11) is 0. The first-order chi connectivity index (χ1) is 8.13. The molecule has 0 aromatic carbocycles. The van der Waals surface area contributed by atoms with Crippen molar-refractivity contribution in [2.24, 2.45) is 11.7 Å². The van der Waals surface area contributed by atoms with Gasteiger partial charge in [-0.1, -0.05) is 6.92 Å². The summed E-state index contributed by atoms with van der Waals surface area (Å²) in [6.45, 7) is 3.43. The number of hydrogen-bond donors (Lipinski definition) is 2. The van der Waals surface area contributed by atoms with E-state index in [1.165, 1.54) is 0 Å². The van der Waals surface area contributed by atoms with Gasteiger partial charge in [-0.25, -0.2) is 0 Å². The minimum Gasteiger partial charge on any atom is -0.344 e. The van der Waals surface area contributed by atoms with E-state index in [1.807, 2.05) is 4.90 Å². The van der Waals surface area contributed by atoms with Gasteiger partial charge in [0.05, 0.1) is 0 Å². The van der Waals surface area contributed by atoms with E-state index in [1.54, 1.807) is 0 Å². The summed E-state index contributed by atoms with van der Waals surface area (Å²) in [4.78, 5) is 25.3. The molecule has 0 aromatic heterocycles. The minimum atomic E-state index is -0.318. The first kappa shape index (κ1) is 15.2. The third kappa shape index (κ3) is 2.95. The number of hydrogen-bond acceptors (Lipinski definition) is 3. The van der Waals surface area contributed by atoms with Gasteiger partial charge in [0.25, 0.3) is 0 Å². The Kier molecular flexibility index (Phi) is 5.41. The lowest BCUT2D eigenvalue weighted by molar-refractivity contribution is -0.138. The molecule has 0 aromatic rings. The normalized spacial score (nSPS) is 31.8. The molecule has 0 radical (unpaired) electrons. The van der Waals surface area contributed by atoms with Crippen LogP contribution in [0.25, 0.3) is 0 Å². The first-order valence-corrected chi connectivity index (χ1v) is 6.43. The van der Waals surface area contributed by atoms with Crippen LogP contribution in [0.4, 0.5) is 0 Å². The van der Waals surface area contributed by atoms with Gasteiger partial charge in [0.2, 0.25) is 11.8 Å². The fraction of sp³-hybridized carbons (Fsp3) is 0.833. The lowest BCUT2D eigenvalue weighted by Crippen LogP contribution is -2.55. The maximum atomic E-state index is 12.3. The first-order valence-electron chi connectivity index (χ1n) is 6.43. The third-order valence-electron chi connectivity index (χ3n) is 3.93. The van der Waals surface area contributed by atoms with Gasteiger partial charge in [-0.2, -0.15) is 0 Å². The van der Waals surface area contributed by atoms with Gasteiger partial charge in [-0.3, -0.25) is 9.59 Å². The van der Waals surface area contributed by atoms with Crippen LogP contribution in [0.5, 0.6) is 0 Å². The number of piperidine rings is 1. The molecule has 6 heteroatoms. The highest BCUT2D eigenvalue weighted by Gasteiger charge is 2.36. The molecule has 0 bridgehead atoms. The zero-order valence-corrected chi connectivity index (χ0v) is 11.5. The second kappa shape index (κ2) is 6.38. The van der Waals surface area contributed by atoms with E-state index in [0.29, 0.717) is 25.3 Å². The molecule has 3 N–H and O–H groups in total. The van der Waals surface area contributed by atoms with Gasteiger partial charge >= 0.3 is 0 Å². The Morgan fingerprint density at radius 2 is 2.22 bits per heavy atom. The Labute approximate surface area is 114 Å². The maximum Gasteiger partial charge on any atom is 0.245 e. The van der Waals surface area contributed by atoms with Crippen molar-refractivity contribution in [3.63, 3.8) is 0 Å². The molecule has 2 heterocycles. The van der Waals surface area contributed by atoms with Crippen LogP contribution < -0.4 is 11.1 Å². The molecule has 2 amide bonds. The van der Waals surface area contributed by atoms with Gasteiger partial charge in [-0.15, -0.1) is 12.4 Å². The van der Waals surface area contributed by atoms with Crippen LogP contribution in [0, 0.1) is 5.92 Å². The largest absolute Gasteiger partial charge is 0.344 e. The van der Waals surface area contributed by atoms with Crippen LogP contribution in [0.1, 0.15) is 32.6 Å². The predicted molar refractivity (Wildman–Crippen MR) is 71.4 cm³/mol. The van der Waals surface area contributed by atoms with E-state index >= 15 is 0 Å². The van der Waals surface area contributed by atoms with Crippen molar-refractivity contribution >= 4 is 24.2 Å². The second-order valence-electron chi connectivity index (χ2n) is 5.11. The van der Waals surface area contributed by atoms with Crippen molar-refractivity contribution in [2.45, 2.75) is 44.7 Å². The monoisotopic (exact) mass is 275 g/mol. The number of rotatable bonds is 2. The number of likely N-dealkylation sites (tertiary alicyclic amines) is 1. The number of carbonyl (C=O) groups excluding carboxylic acids is 2. The summed E-state index contributed by atoms with van der Waals surface area (Å²) in [5, 5.41) is 2.74. The van der Waals surface area contributed by atoms with E-state index < -0.39 is 0 Å². The third-order valence-corrected chi connectivity index (χ3v) is 3.93. The highest BCUT2D eigenvalue weighted by Crippen LogP contribution is 2.24. The van der Waals surface area contributed by atoms with Gasteiger partial charge in [-0.05, 0) is 25.2 Å². The van der Waals surface area contributed by atoms with Gasteiger partial charge in [0.1, 0.15) is 6.04 Å². The number of nitrogens with two attached hydrogens (primary N) is 1. The molecular formula is C12H22ClN3O2. The molecule has 2 aliphatic rings. The molecule has 2 aliphatic heterocycles. The summed E-state index contributed by atoms with van der Waals surface area (Å²) in [6, 6.07) is -0.185. The summed E-state index contributed by atoms with van der Waals surface area (Å²) < 4.78 is 0. The van der Waals surface area contributed by atoms with Crippen LogP contribution in [0.3, 0.4) is 0 Å². The Morgan fingerprint density at radius 3 is 2.78 bits per heavy atom. The SMILES string of the molecule is CC1CCCN(C(=O)[C@@H]2CCC(=O)N2)C1CN.Cl. The molecule has 0 saturated carbocycles. The molecular weight excluding hydrogens is 254 g/mol. The molecule has 2 unspecified atom stereocenters. The van der Waals surface area contributed by atoms with E-state index in [0.717, 1.165) is 19.4 Å². The molecule has 104 valence electrons. The highest BCUT2D eigenvalue weighted by molar-refractivity contribution is 5.91. The van der Waals surface area contributed by atoms with Gasteiger partial charge in [0.15, 0.2) is 0 Å². The van der Waals surface area contributed by atoms with E-state index in [9.17, 15) is 9.59 Å². The number of carbonyl (C=O) groups is 2. The standard InChI is InChI=1S/C12H21N3O2.ClH/c1-8-3-2-6-15(10(8)7-13)12(17)9-4-5-11(16)14-9;/h8-10H,2-7,13H2,1H3,(H,14,16);1H/t8?,9-,10?;/m0./s1. The predicted octanol–water partition coefficient (Wildman–Crippen LogP) is 0.273. The summed E-state index contributed by atoms with van der Waals surface area (Å²) in [6.07, 6.45) is 3.25. The smallest absolute Gasteiger partial charge is 0.245 e. The number of halogens is 1. The molecule has 2 fully saturated rings. The van der Waals surface area contributed by atoms with Crippen molar-refractivity contribution in [2.75, 3.05) is 13.1 Å². The Bertz CT molecular complexity index is 324. The summed E-state index contributed by atoms with van der Waals surface area (Å²) in [5.41, 5.74) is 5.77. The Balaban J connectivity index is 0.00000162. The number of nitrogens with one attached hydrogen (secondary N) is 1. The Hall–Kier alpha value is -0.810. The molecule has 3 atom stereocenters. The molecule has 0 spiro atoms. The van der Waals surface area contributed by atoms with Gasteiger partial charge < -0.3 is 16.0 Å². The molecule has 2 saturated heterocycles. The molecule has 5 nitrogen and oxygen atoms in total. The van der Waals surface area contributed by atoms with E-state index in [-0.39, 0.29) is 36.3 Å². The van der Waals surface area contributed by atoms with Crippen molar-refractivity contribution in [1.82, 2.24) is 10.2 Å². The lowest BCUT2D eigenvalue weighted by atomic mass is 9.90. The quantitative estimate of drug-likeness (QED) is 0.760. The van der Waals surface area contributed by atoms with E-state index in [4.69, 9.17) is 5.73 Å². The van der Waals surface area contributed by atoms with Crippen LogP contribution >= 0.6 is 12.4 Å². The van der Waals surface area contributed by atoms with Crippen LogP contribution in [-0.2, 0) is 9.59 Å². The zero-order valence-electron chi connectivity index (χ0n) is 10.7. The minimum absolute atomic E-state index is 0. The second-order valence-corrected chi connectivity index (χ2v) is 5.11. The number of amides is 2. The molecule has 0 aliphatic carbocycles. The Morgan fingerprint density at radius 1 is 1.50 bits per heavy atom. The molecule has 2 rings (SSSR count). The number of nitrogens with zero attached hydrogens (tertiary/aromatic N) is 1. The van der Waals surface area contributed by atoms with Crippen molar-refractivity contribution in [3.8, 4) is 0 Å². The van der Waals surface area contributed by atoms with Crippen molar-refractivity contribution in [3.05, 3.63) is 0 Å².